The van der Waals surface area contributed by atoms with Crippen molar-refractivity contribution in [3.05, 3.63) is 70.0 Å². The van der Waals surface area contributed by atoms with Crippen molar-refractivity contribution in [3.63, 3.8) is 0 Å². The molecule has 0 aliphatic heterocycles. The maximum absolute atomic E-state index is 14.4. The van der Waals surface area contributed by atoms with Crippen LogP contribution < -0.4 is 27.0 Å². The molecule has 0 heterocycles. The average molecular weight is 619 g/mol. The molecule has 0 bridgehead atoms. The average Bonchev–Trinajstić information content (AvgIpc) is 2.95. The van der Waals surface area contributed by atoms with Crippen molar-refractivity contribution >= 4 is 40.6 Å². The lowest BCUT2D eigenvalue weighted by molar-refractivity contribution is -0.169. The predicted molar refractivity (Wildman–Crippen MR) is 169 cm³/mol. The lowest BCUT2D eigenvalue weighted by Crippen LogP contribution is -2.72. The van der Waals surface area contributed by atoms with Gasteiger partial charge < -0.3 is 47.4 Å². The van der Waals surface area contributed by atoms with Crippen molar-refractivity contribution in [2.45, 2.75) is 44.9 Å². The smallest absolute Gasteiger partial charge is 0.255 e. The number of phenolic OH excluding ortho intramolecular Hbond substituents is 1. The standard InChI is InChI=1S/C32H38N6O7/c1-30-12-16-18(38(4)5)11-17(37-29(34)36-13-15-9-7-6-8-10-15)22(39)19(16)23(40)21(30)27(43)32(45)26(42)20(28(33)44)24(41)25(35-3)31(32,2)14-30/h6-11,25,35,39-40,42,45H,12-14H2,1-5H3,(H2,33,44)(H3,34,36,37)/t25?,30-,31-,32+/m0/s1. The molecule has 1 unspecified atom stereocenters. The van der Waals surface area contributed by atoms with Crippen LogP contribution in [0.4, 0.5) is 11.4 Å². The van der Waals surface area contributed by atoms with Crippen molar-refractivity contribution in [2.24, 2.45) is 27.3 Å². The van der Waals surface area contributed by atoms with Crippen molar-refractivity contribution in [2.75, 3.05) is 31.4 Å². The van der Waals surface area contributed by atoms with E-state index in [1.165, 1.54) is 14.0 Å². The van der Waals surface area contributed by atoms with E-state index in [0.717, 1.165) is 5.56 Å². The number of amides is 1. The number of phenols is 1. The summed E-state index contributed by atoms with van der Waals surface area (Å²) in [5, 5.41) is 52.2. The fraction of sp³-hybridized carbons (Fsp3) is 0.375. The summed E-state index contributed by atoms with van der Waals surface area (Å²) in [7, 11) is 4.99. The number of carbonyl (C=O) groups excluding carboxylic acids is 3. The van der Waals surface area contributed by atoms with E-state index in [1.807, 2.05) is 30.3 Å². The lowest BCUT2D eigenvalue weighted by Gasteiger charge is -2.58. The minimum Gasteiger partial charge on any atom is -0.508 e. The van der Waals surface area contributed by atoms with Crippen molar-refractivity contribution in [3.8, 4) is 5.75 Å². The lowest BCUT2D eigenvalue weighted by atomic mass is 9.46. The molecule has 1 saturated carbocycles. The van der Waals surface area contributed by atoms with Crippen molar-refractivity contribution in [1.82, 2.24) is 5.32 Å². The number of nitrogens with zero attached hydrogens (tertiary/aromatic N) is 2. The normalized spacial score (nSPS) is 28.0. The molecule has 1 fully saturated rings. The Morgan fingerprint density at radius 3 is 2.33 bits per heavy atom. The molecule has 0 aromatic heterocycles. The number of nitrogens with two attached hydrogens (primary N) is 2. The second kappa shape index (κ2) is 10.6. The Morgan fingerprint density at radius 1 is 1.11 bits per heavy atom. The minimum absolute atomic E-state index is 0.00978. The number of aromatic hydroxyl groups is 1. The van der Waals surface area contributed by atoms with Gasteiger partial charge in [-0.05, 0) is 37.1 Å². The first kappa shape index (κ1) is 31.5. The number of aliphatic hydroxyl groups excluding tert-OH is 2. The maximum Gasteiger partial charge on any atom is 0.255 e. The number of aliphatic hydroxyl groups is 3. The van der Waals surface area contributed by atoms with Gasteiger partial charge >= 0.3 is 0 Å². The first-order valence-corrected chi connectivity index (χ1v) is 14.4. The Balaban J connectivity index is 1.69. The summed E-state index contributed by atoms with van der Waals surface area (Å²) in [6, 6.07) is 9.77. The molecule has 1 amide bonds. The summed E-state index contributed by atoms with van der Waals surface area (Å²) in [5.74, 6) is -5.48. The Hall–Kier alpha value is -4.88. The van der Waals surface area contributed by atoms with Gasteiger partial charge in [-0.25, -0.2) is 4.99 Å². The number of likely N-dealkylation sites (N-methyl/N-ethyl adjacent to an activating group) is 1. The molecule has 2 aromatic rings. The molecule has 3 aliphatic carbocycles. The zero-order valence-corrected chi connectivity index (χ0v) is 25.7. The number of ketones is 2. The largest absolute Gasteiger partial charge is 0.508 e. The van der Waals surface area contributed by atoms with Crippen LogP contribution in [0, 0.1) is 10.8 Å². The maximum atomic E-state index is 14.4. The first-order chi connectivity index (χ1) is 21.0. The van der Waals surface area contributed by atoms with Crippen LogP contribution in [-0.4, -0.2) is 76.6 Å². The molecule has 13 nitrogen and oxygen atoms in total. The number of hydrogen-bond donors (Lipinski definition) is 8. The minimum atomic E-state index is -2.80. The van der Waals surface area contributed by atoms with Crippen LogP contribution in [-0.2, 0) is 27.3 Å². The summed E-state index contributed by atoms with van der Waals surface area (Å²) in [5.41, 5.74) is 6.80. The van der Waals surface area contributed by atoms with Gasteiger partial charge in [0.05, 0.1) is 23.8 Å². The van der Waals surface area contributed by atoms with Gasteiger partial charge in [0.2, 0.25) is 5.78 Å². The number of nitrogens with one attached hydrogen (secondary N) is 2. The number of primary amides is 1. The van der Waals surface area contributed by atoms with Crippen LogP contribution in [0.1, 0.15) is 37.0 Å². The Morgan fingerprint density at radius 2 is 1.76 bits per heavy atom. The number of benzene rings is 2. The number of carbonyl (C=O) groups is 3. The molecule has 2 aromatic carbocycles. The molecule has 45 heavy (non-hydrogen) atoms. The van der Waals surface area contributed by atoms with Gasteiger partial charge in [-0.2, -0.15) is 0 Å². The third-order valence-electron chi connectivity index (χ3n) is 9.45. The van der Waals surface area contributed by atoms with Gasteiger partial charge in [-0.3, -0.25) is 14.4 Å². The number of hydrogen-bond acceptors (Lipinski definition) is 10. The zero-order chi connectivity index (χ0) is 33.2. The highest BCUT2D eigenvalue weighted by Crippen LogP contribution is 2.63. The monoisotopic (exact) mass is 618 g/mol. The number of rotatable bonds is 6. The highest BCUT2D eigenvalue weighted by atomic mass is 16.3. The van der Waals surface area contributed by atoms with E-state index in [-0.39, 0.29) is 42.2 Å². The summed E-state index contributed by atoms with van der Waals surface area (Å²) >= 11 is 0. The fourth-order valence-electron chi connectivity index (χ4n) is 7.47. The van der Waals surface area contributed by atoms with Crippen LogP contribution in [0.25, 0.3) is 5.76 Å². The Labute approximate surface area is 259 Å². The Bertz CT molecular complexity index is 1730. The van der Waals surface area contributed by atoms with Gasteiger partial charge in [0.25, 0.3) is 5.91 Å². The quantitative estimate of drug-likeness (QED) is 0.0999. The van der Waals surface area contributed by atoms with Gasteiger partial charge in [0, 0.05) is 36.2 Å². The van der Waals surface area contributed by atoms with Crippen LogP contribution in [0.5, 0.6) is 5.75 Å². The van der Waals surface area contributed by atoms with Crippen LogP contribution >= 0.6 is 0 Å². The highest BCUT2D eigenvalue weighted by molar-refractivity contribution is 6.25. The van der Waals surface area contributed by atoms with Gasteiger partial charge in [0.1, 0.15) is 22.8 Å². The van der Waals surface area contributed by atoms with E-state index in [1.54, 1.807) is 32.0 Å². The molecule has 4 atom stereocenters. The zero-order valence-electron chi connectivity index (χ0n) is 25.7. The second-order valence-corrected chi connectivity index (χ2v) is 12.6. The molecule has 10 N–H and O–H groups in total. The fourth-order valence-corrected chi connectivity index (χ4v) is 7.47. The molecule has 5 rings (SSSR count). The predicted octanol–water partition coefficient (Wildman–Crippen LogP) is 1.39. The molecule has 0 spiro atoms. The van der Waals surface area contributed by atoms with Crippen molar-refractivity contribution < 1.29 is 34.8 Å². The molecule has 238 valence electrons. The number of Topliss-reactive ketones (excluding diaryl/α,β-unsaturated/α-hetero) is 2. The first-order valence-electron chi connectivity index (χ1n) is 14.4. The summed E-state index contributed by atoms with van der Waals surface area (Å²) in [6.07, 6.45) is 0.0248. The number of aliphatic imine (C=N–C) groups is 1. The van der Waals surface area contributed by atoms with Gasteiger partial charge in [-0.1, -0.05) is 44.2 Å². The third kappa shape index (κ3) is 4.45. The third-order valence-corrected chi connectivity index (χ3v) is 9.45. The SMILES string of the molecule is CNC1C(=O)C(C(N)=O)=C(O)[C@@]2(O)C(=O)C3=C(O)c4c(O)c(NC(N)=NCc5ccccc5)cc(N(C)C)c4C[C@@]3(C)C[C@@]12C. The molecule has 13 heteroatoms. The Kier molecular flexibility index (Phi) is 7.45. The topological polar surface area (TPSA) is 224 Å². The van der Waals surface area contributed by atoms with Crippen molar-refractivity contribution in [1.29, 1.82) is 0 Å². The van der Waals surface area contributed by atoms with E-state index in [2.05, 4.69) is 15.6 Å². The van der Waals surface area contributed by atoms with Crippen LogP contribution in [0.3, 0.4) is 0 Å². The number of guanidine groups is 1. The molecular formula is C32H38N6O7. The molecule has 3 aliphatic rings. The van der Waals surface area contributed by atoms with Gasteiger partial charge in [0.15, 0.2) is 17.3 Å². The summed E-state index contributed by atoms with van der Waals surface area (Å²) in [6.45, 7) is 3.45. The molecule has 0 saturated heterocycles. The highest BCUT2D eigenvalue weighted by Gasteiger charge is 2.72. The van der Waals surface area contributed by atoms with E-state index in [4.69, 9.17) is 11.5 Å². The number of anilines is 2. The van der Waals surface area contributed by atoms with E-state index in [0.29, 0.717) is 11.3 Å². The summed E-state index contributed by atoms with van der Waals surface area (Å²) < 4.78 is 0. The number of fused-ring (bicyclic) bond motifs is 3. The van der Waals surface area contributed by atoms with E-state index >= 15 is 0 Å². The second-order valence-electron chi connectivity index (χ2n) is 12.6. The van der Waals surface area contributed by atoms with E-state index in [9.17, 15) is 34.8 Å². The summed E-state index contributed by atoms with van der Waals surface area (Å²) in [4.78, 5) is 46.1. The van der Waals surface area contributed by atoms with Crippen LogP contribution in [0.15, 0.2) is 58.3 Å². The van der Waals surface area contributed by atoms with Gasteiger partial charge in [-0.15, -0.1) is 0 Å². The van der Waals surface area contributed by atoms with Crippen LogP contribution in [0.2, 0.25) is 0 Å². The molecular weight excluding hydrogens is 580 g/mol. The molecule has 0 radical (unpaired) electrons. The van der Waals surface area contributed by atoms with E-state index < -0.39 is 62.8 Å².